The van der Waals surface area contributed by atoms with Gasteiger partial charge in [0.25, 0.3) is 0 Å². The molecule has 1 unspecified atom stereocenters. The standard InChI is InChI=1S/C10H11BrFNO3/c1-16-9-4-7(12)6(11)2-5(9)3-8(13)10(14)15/h2,4,8H,3,13H2,1H3,(H,14,15). The van der Waals surface area contributed by atoms with Crippen LogP contribution < -0.4 is 10.5 Å². The van der Waals surface area contributed by atoms with Gasteiger partial charge in [-0.2, -0.15) is 0 Å². The van der Waals surface area contributed by atoms with Crippen molar-refractivity contribution in [3.8, 4) is 5.75 Å². The van der Waals surface area contributed by atoms with Crippen LogP contribution >= 0.6 is 15.9 Å². The molecule has 0 aliphatic heterocycles. The SMILES string of the molecule is COc1cc(F)c(Br)cc1CC(N)C(=O)O. The summed E-state index contributed by atoms with van der Waals surface area (Å²) in [5, 5.41) is 8.68. The first kappa shape index (κ1) is 12.9. The summed E-state index contributed by atoms with van der Waals surface area (Å²) >= 11 is 3.02. The second kappa shape index (κ2) is 5.27. The number of carboxylic acid groups (broad SMARTS) is 1. The number of rotatable bonds is 4. The van der Waals surface area contributed by atoms with Crippen molar-refractivity contribution in [3.05, 3.63) is 28.0 Å². The molecule has 6 heteroatoms. The van der Waals surface area contributed by atoms with Gasteiger partial charge in [-0.05, 0) is 27.6 Å². The van der Waals surface area contributed by atoms with Gasteiger partial charge < -0.3 is 15.6 Å². The first-order chi connectivity index (χ1) is 7.45. The topological polar surface area (TPSA) is 72.5 Å². The van der Waals surface area contributed by atoms with Gasteiger partial charge >= 0.3 is 5.97 Å². The molecule has 0 aliphatic carbocycles. The Labute approximate surface area is 100 Å². The summed E-state index contributed by atoms with van der Waals surface area (Å²) < 4.78 is 18.4. The maximum absolute atomic E-state index is 13.2. The molecule has 1 aromatic carbocycles. The van der Waals surface area contributed by atoms with Crippen molar-refractivity contribution >= 4 is 21.9 Å². The van der Waals surface area contributed by atoms with E-state index in [0.717, 1.165) is 0 Å². The summed E-state index contributed by atoms with van der Waals surface area (Å²) in [4.78, 5) is 10.6. The van der Waals surface area contributed by atoms with Crippen LogP contribution in [0.4, 0.5) is 4.39 Å². The van der Waals surface area contributed by atoms with Gasteiger partial charge in [0, 0.05) is 12.5 Å². The van der Waals surface area contributed by atoms with Gasteiger partial charge in [-0.15, -0.1) is 0 Å². The molecule has 0 heterocycles. The predicted molar refractivity (Wildman–Crippen MR) is 60.0 cm³/mol. The van der Waals surface area contributed by atoms with Crippen molar-refractivity contribution in [1.29, 1.82) is 0 Å². The lowest BCUT2D eigenvalue weighted by molar-refractivity contribution is -0.138. The molecule has 0 saturated carbocycles. The maximum atomic E-state index is 13.2. The molecule has 0 fully saturated rings. The molecule has 0 radical (unpaired) electrons. The molecule has 4 nitrogen and oxygen atoms in total. The Morgan fingerprint density at radius 2 is 2.31 bits per heavy atom. The van der Waals surface area contributed by atoms with Gasteiger partial charge in [0.2, 0.25) is 0 Å². The zero-order chi connectivity index (χ0) is 12.3. The summed E-state index contributed by atoms with van der Waals surface area (Å²) in [6.07, 6.45) is 0.0807. The fourth-order valence-corrected chi connectivity index (χ4v) is 1.63. The number of hydrogen-bond acceptors (Lipinski definition) is 3. The van der Waals surface area contributed by atoms with E-state index >= 15 is 0 Å². The minimum absolute atomic E-state index is 0.0807. The molecule has 0 saturated heterocycles. The van der Waals surface area contributed by atoms with Crippen molar-refractivity contribution < 1.29 is 19.0 Å². The Balaban J connectivity index is 3.03. The Hall–Kier alpha value is -1.14. The van der Waals surface area contributed by atoms with Crippen molar-refractivity contribution in [1.82, 2.24) is 0 Å². The molecule has 0 bridgehead atoms. The predicted octanol–water partition coefficient (Wildman–Crippen LogP) is 1.55. The van der Waals surface area contributed by atoms with Gasteiger partial charge in [-0.25, -0.2) is 4.39 Å². The largest absolute Gasteiger partial charge is 0.496 e. The average Bonchev–Trinajstić information content (AvgIpc) is 2.22. The Kier molecular flexibility index (Phi) is 4.26. The van der Waals surface area contributed by atoms with Gasteiger partial charge in [0.05, 0.1) is 11.6 Å². The van der Waals surface area contributed by atoms with Crippen LogP contribution in [0.15, 0.2) is 16.6 Å². The minimum atomic E-state index is -1.11. The second-order valence-electron chi connectivity index (χ2n) is 3.23. The van der Waals surface area contributed by atoms with Crippen LogP contribution in [0.5, 0.6) is 5.75 Å². The van der Waals surface area contributed by atoms with Crippen LogP contribution in [-0.4, -0.2) is 24.2 Å². The van der Waals surface area contributed by atoms with E-state index in [4.69, 9.17) is 15.6 Å². The molecule has 0 aromatic heterocycles. The molecule has 16 heavy (non-hydrogen) atoms. The zero-order valence-electron chi connectivity index (χ0n) is 8.54. The number of carboxylic acids is 1. The van der Waals surface area contributed by atoms with Crippen LogP contribution in [0.25, 0.3) is 0 Å². The van der Waals surface area contributed by atoms with Crippen LogP contribution in [-0.2, 0) is 11.2 Å². The number of halogens is 2. The van der Waals surface area contributed by atoms with E-state index in [9.17, 15) is 9.18 Å². The third kappa shape index (κ3) is 2.93. The molecule has 1 aromatic rings. The fraction of sp³-hybridized carbons (Fsp3) is 0.300. The quantitative estimate of drug-likeness (QED) is 0.883. The first-order valence-corrected chi connectivity index (χ1v) is 5.25. The average molecular weight is 292 g/mol. The fourth-order valence-electron chi connectivity index (χ4n) is 1.24. The Morgan fingerprint density at radius 1 is 1.69 bits per heavy atom. The number of benzene rings is 1. The molecule has 3 N–H and O–H groups in total. The zero-order valence-corrected chi connectivity index (χ0v) is 10.1. The number of aliphatic carboxylic acids is 1. The van der Waals surface area contributed by atoms with Crippen molar-refractivity contribution in [2.45, 2.75) is 12.5 Å². The highest BCUT2D eigenvalue weighted by molar-refractivity contribution is 9.10. The number of carbonyl (C=O) groups is 1. The van der Waals surface area contributed by atoms with Crippen molar-refractivity contribution in [2.75, 3.05) is 7.11 Å². The lowest BCUT2D eigenvalue weighted by Gasteiger charge is -2.12. The lowest BCUT2D eigenvalue weighted by Crippen LogP contribution is -2.32. The van der Waals surface area contributed by atoms with E-state index < -0.39 is 17.8 Å². The van der Waals surface area contributed by atoms with Crippen LogP contribution in [0.1, 0.15) is 5.56 Å². The number of hydrogen-bond donors (Lipinski definition) is 2. The maximum Gasteiger partial charge on any atom is 0.320 e. The summed E-state index contributed by atoms with van der Waals surface area (Å²) in [6, 6.07) is 1.62. The molecular formula is C10H11BrFNO3. The monoisotopic (exact) mass is 291 g/mol. The highest BCUT2D eigenvalue weighted by Crippen LogP contribution is 2.27. The van der Waals surface area contributed by atoms with Gasteiger partial charge in [0.1, 0.15) is 17.6 Å². The van der Waals surface area contributed by atoms with Crippen LogP contribution in [0.2, 0.25) is 0 Å². The molecule has 0 aliphatic rings. The highest BCUT2D eigenvalue weighted by Gasteiger charge is 2.16. The van der Waals surface area contributed by atoms with Crippen LogP contribution in [0.3, 0.4) is 0 Å². The molecule has 1 atom stereocenters. The van der Waals surface area contributed by atoms with E-state index in [1.807, 2.05) is 0 Å². The minimum Gasteiger partial charge on any atom is -0.496 e. The first-order valence-electron chi connectivity index (χ1n) is 4.46. The molecule has 88 valence electrons. The van der Waals surface area contributed by atoms with E-state index in [-0.39, 0.29) is 16.6 Å². The molecule has 0 spiro atoms. The third-order valence-electron chi connectivity index (χ3n) is 2.08. The van der Waals surface area contributed by atoms with E-state index in [2.05, 4.69) is 15.9 Å². The van der Waals surface area contributed by atoms with Crippen molar-refractivity contribution in [2.24, 2.45) is 5.73 Å². The third-order valence-corrected chi connectivity index (χ3v) is 2.69. The normalized spacial score (nSPS) is 12.2. The summed E-state index contributed by atoms with van der Waals surface area (Å²) in [7, 11) is 1.39. The van der Waals surface area contributed by atoms with Crippen LogP contribution in [0, 0.1) is 5.82 Å². The molecular weight excluding hydrogens is 281 g/mol. The highest BCUT2D eigenvalue weighted by atomic mass is 79.9. The Bertz CT molecular complexity index is 411. The summed E-state index contributed by atoms with van der Waals surface area (Å²) in [6.45, 7) is 0. The van der Waals surface area contributed by atoms with E-state index in [1.54, 1.807) is 0 Å². The van der Waals surface area contributed by atoms with Crippen molar-refractivity contribution in [3.63, 3.8) is 0 Å². The van der Waals surface area contributed by atoms with E-state index in [1.165, 1.54) is 19.2 Å². The summed E-state index contributed by atoms with van der Waals surface area (Å²) in [5.74, 6) is -1.29. The second-order valence-corrected chi connectivity index (χ2v) is 4.08. The Morgan fingerprint density at radius 3 is 2.81 bits per heavy atom. The summed E-state index contributed by atoms with van der Waals surface area (Å²) in [5.41, 5.74) is 5.94. The van der Waals surface area contributed by atoms with Gasteiger partial charge in [0.15, 0.2) is 0 Å². The number of methoxy groups -OCH3 is 1. The van der Waals surface area contributed by atoms with Gasteiger partial charge in [-0.3, -0.25) is 4.79 Å². The molecule has 0 amide bonds. The van der Waals surface area contributed by atoms with E-state index in [0.29, 0.717) is 5.56 Å². The molecule has 1 rings (SSSR count). The van der Waals surface area contributed by atoms with Gasteiger partial charge in [-0.1, -0.05) is 0 Å². The number of ether oxygens (including phenoxy) is 1. The smallest absolute Gasteiger partial charge is 0.320 e. The lowest BCUT2D eigenvalue weighted by atomic mass is 10.1. The number of nitrogens with two attached hydrogens (primary N) is 1.